The Bertz CT molecular complexity index is 1010. The van der Waals surface area contributed by atoms with Crippen molar-refractivity contribution in [1.29, 1.82) is 0 Å². The van der Waals surface area contributed by atoms with Crippen LogP contribution in [-0.4, -0.2) is 25.7 Å². The van der Waals surface area contributed by atoms with E-state index in [0.29, 0.717) is 5.92 Å². The Balaban J connectivity index is 1.49. The molecule has 2 aromatic heterocycles. The van der Waals surface area contributed by atoms with E-state index in [1.165, 1.54) is 23.1 Å². The molecule has 3 aromatic rings. The van der Waals surface area contributed by atoms with Gasteiger partial charge in [-0.3, -0.25) is 9.48 Å². The number of aromatic nitrogens is 4. The first-order valence-electron chi connectivity index (χ1n) is 8.60. The Morgan fingerprint density at radius 3 is 2.78 bits per heavy atom. The highest BCUT2D eigenvalue weighted by molar-refractivity contribution is 5.93. The minimum absolute atomic E-state index is 0.135. The number of aryl methyl sites for hydroxylation is 1. The molecule has 4 rings (SSSR count). The quantitative estimate of drug-likeness (QED) is 0.751. The standard InChI is InChI=1S/C19H17F2N5O/c1-26-18(8-17(25-26)14-5-4-12(20)6-15(14)21)19(27)22-9-13-7-16(11-2-3-11)24-10-23-13/h4-8,10-11H,2-3,9H2,1H3,(H,22,27). The van der Waals surface area contributed by atoms with Crippen LogP contribution in [0, 0.1) is 11.6 Å². The molecule has 1 aliphatic rings. The largest absolute Gasteiger partial charge is 0.345 e. The van der Waals surface area contributed by atoms with Crippen molar-refractivity contribution < 1.29 is 13.6 Å². The Morgan fingerprint density at radius 1 is 1.22 bits per heavy atom. The van der Waals surface area contributed by atoms with Crippen LogP contribution < -0.4 is 5.32 Å². The van der Waals surface area contributed by atoms with E-state index in [1.54, 1.807) is 7.05 Å². The monoisotopic (exact) mass is 369 g/mol. The Labute approximate surface area is 154 Å². The van der Waals surface area contributed by atoms with Gasteiger partial charge in [-0.15, -0.1) is 0 Å². The second-order valence-electron chi connectivity index (χ2n) is 6.55. The van der Waals surface area contributed by atoms with Crippen LogP contribution in [-0.2, 0) is 13.6 Å². The fourth-order valence-electron chi connectivity index (χ4n) is 2.88. The molecule has 1 saturated carbocycles. The second-order valence-corrected chi connectivity index (χ2v) is 6.55. The molecule has 27 heavy (non-hydrogen) atoms. The van der Waals surface area contributed by atoms with Gasteiger partial charge in [0.15, 0.2) is 0 Å². The molecule has 0 spiro atoms. The smallest absolute Gasteiger partial charge is 0.269 e. The molecular weight excluding hydrogens is 352 g/mol. The van der Waals surface area contributed by atoms with E-state index in [0.717, 1.165) is 36.4 Å². The molecule has 1 aromatic carbocycles. The lowest BCUT2D eigenvalue weighted by molar-refractivity contribution is 0.0941. The molecule has 0 unspecified atom stereocenters. The topological polar surface area (TPSA) is 72.7 Å². The predicted molar refractivity (Wildman–Crippen MR) is 93.7 cm³/mol. The van der Waals surface area contributed by atoms with Crippen LogP contribution in [0.2, 0.25) is 0 Å². The summed E-state index contributed by atoms with van der Waals surface area (Å²) in [6.45, 7) is 0.256. The maximum absolute atomic E-state index is 14.0. The highest BCUT2D eigenvalue weighted by atomic mass is 19.1. The lowest BCUT2D eigenvalue weighted by atomic mass is 10.1. The molecule has 6 nitrogen and oxygen atoms in total. The van der Waals surface area contributed by atoms with Gasteiger partial charge in [-0.1, -0.05) is 0 Å². The number of hydrogen-bond acceptors (Lipinski definition) is 4. The van der Waals surface area contributed by atoms with Gasteiger partial charge in [0.25, 0.3) is 5.91 Å². The summed E-state index contributed by atoms with van der Waals surface area (Å²) >= 11 is 0. The van der Waals surface area contributed by atoms with Gasteiger partial charge in [0.05, 0.1) is 17.9 Å². The molecule has 138 valence electrons. The van der Waals surface area contributed by atoms with Crippen molar-refractivity contribution in [3.05, 3.63) is 65.4 Å². The summed E-state index contributed by atoms with van der Waals surface area (Å²) in [6, 6.07) is 6.62. The molecule has 0 bridgehead atoms. The number of hydrogen-bond donors (Lipinski definition) is 1. The fraction of sp³-hybridized carbons (Fsp3) is 0.263. The molecule has 0 atom stereocenters. The zero-order valence-corrected chi connectivity index (χ0v) is 14.6. The van der Waals surface area contributed by atoms with E-state index in [2.05, 4.69) is 20.4 Å². The summed E-state index contributed by atoms with van der Waals surface area (Å²) in [5, 5.41) is 6.95. The van der Waals surface area contributed by atoms with Crippen molar-refractivity contribution in [2.45, 2.75) is 25.3 Å². The molecular formula is C19H17F2N5O. The van der Waals surface area contributed by atoms with Gasteiger partial charge < -0.3 is 5.32 Å². The number of carbonyl (C=O) groups excluding carboxylic acids is 1. The zero-order chi connectivity index (χ0) is 19.0. The summed E-state index contributed by atoms with van der Waals surface area (Å²) in [5.74, 6) is -1.24. The van der Waals surface area contributed by atoms with Gasteiger partial charge in [0.2, 0.25) is 0 Å². The van der Waals surface area contributed by atoms with E-state index in [1.807, 2.05) is 6.07 Å². The van der Waals surface area contributed by atoms with E-state index in [-0.39, 0.29) is 29.4 Å². The van der Waals surface area contributed by atoms with E-state index < -0.39 is 11.6 Å². The van der Waals surface area contributed by atoms with Crippen LogP contribution in [0.5, 0.6) is 0 Å². The van der Waals surface area contributed by atoms with Crippen molar-refractivity contribution >= 4 is 5.91 Å². The number of carbonyl (C=O) groups is 1. The lowest BCUT2D eigenvalue weighted by Crippen LogP contribution is -2.25. The molecule has 1 N–H and O–H groups in total. The maximum Gasteiger partial charge on any atom is 0.269 e. The zero-order valence-electron chi connectivity index (χ0n) is 14.6. The summed E-state index contributed by atoms with van der Waals surface area (Å²) in [7, 11) is 1.59. The number of nitrogens with one attached hydrogen (secondary N) is 1. The SMILES string of the molecule is Cn1nc(-c2ccc(F)cc2F)cc1C(=O)NCc1cc(C2CC2)ncn1. The number of benzene rings is 1. The Morgan fingerprint density at radius 2 is 2.04 bits per heavy atom. The average molecular weight is 369 g/mol. The van der Waals surface area contributed by atoms with Gasteiger partial charge in [-0.05, 0) is 37.1 Å². The normalized spacial score (nSPS) is 13.6. The summed E-state index contributed by atoms with van der Waals surface area (Å²) in [6.07, 6.45) is 3.79. The van der Waals surface area contributed by atoms with Crippen molar-refractivity contribution in [3.8, 4) is 11.3 Å². The minimum atomic E-state index is -0.728. The highest BCUT2D eigenvalue weighted by Crippen LogP contribution is 2.38. The first-order chi connectivity index (χ1) is 13.0. The summed E-state index contributed by atoms with van der Waals surface area (Å²) in [5.41, 5.74) is 2.40. The molecule has 0 saturated heterocycles. The van der Waals surface area contributed by atoms with Gasteiger partial charge >= 0.3 is 0 Å². The molecule has 8 heteroatoms. The van der Waals surface area contributed by atoms with Gasteiger partial charge in [0.1, 0.15) is 23.7 Å². The van der Waals surface area contributed by atoms with Gasteiger partial charge in [0, 0.05) is 30.3 Å². The number of rotatable bonds is 5. The van der Waals surface area contributed by atoms with Gasteiger partial charge in [-0.2, -0.15) is 5.10 Å². The molecule has 0 aliphatic heterocycles. The minimum Gasteiger partial charge on any atom is -0.345 e. The predicted octanol–water partition coefficient (Wildman–Crippen LogP) is 2.96. The molecule has 1 amide bonds. The summed E-state index contributed by atoms with van der Waals surface area (Å²) < 4.78 is 28.4. The third-order valence-electron chi connectivity index (χ3n) is 4.49. The maximum atomic E-state index is 14.0. The number of nitrogens with zero attached hydrogens (tertiary/aromatic N) is 4. The van der Waals surface area contributed by atoms with Crippen molar-refractivity contribution in [1.82, 2.24) is 25.1 Å². The van der Waals surface area contributed by atoms with E-state index in [4.69, 9.17) is 0 Å². The van der Waals surface area contributed by atoms with E-state index in [9.17, 15) is 13.6 Å². The second kappa shape index (κ2) is 6.86. The first kappa shape index (κ1) is 17.3. The lowest BCUT2D eigenvalue weighted by Gasteiger charge is -2.06. The molecule has 1 fully saturated rings. The van der Waals surface area contributed by atoms with Crippen molar-refractivity contribution in [2.75, 3.05) is 0 Å². The Hall–Kier alpha value is -3.16. The van der Waals surface area contributed by atoms with Crippen LogP contribution in [0.3, 0.4) is 0 Å². The van der Waals surface area contributed by atoms with Crippen LogP contribution in [0.1, 0.15) is 40.6 Å². The third kappa shape index (κ3) is 3.69. The molecule has 1 aliphatic carbocycles. The first-order valence-corrected chi connectivity index (χ1v) is 8.60. The average Bonchev–Trinajstić information content (AvgIpc) is 3.43. The molecule has 2 heterocycles. The highest BCUT2D eigenvalue weighted by Gasteiger charge is 2.25. The Kier molecular flexibility index (Phi) is 4.39. The fourth-order valence-corrected chi connectivity index (χ4v) is 2.88. The third-order valence-corrected chi connectivity index (χ3v) is 4.49. The van der Waals surface area contributed by atoms with Gasteiger partial charge in [-0.25, -0.2) is 18.7 Å². The number of amides is 1. The van der Waals surface area contributed by atoms with Crippen LogP contribution in [0.15, 0.2) is 36.7 Å². The van der Waals surface area contributed by atoms with Crippen LogP contribution in [0.25, 0.3) is 11.3 Å². The molecule has 0 radical (unpaired) electrons. The van der Waals surface area contributed by atoms with Crippen LogP contribution >= 0.6 is 0 Å². The van der Waals surface area contributed by atoms with Crippen molar-refractivity contribution in [3.63, 3.8) is 0 Å². The van der Waals surface area contributed by atoms with Crippen molar-refractivity contribution in [2.24, 2.45) is 7.05 Å². The van der Waals surface area contributed by atoms with Crippen LogP contribution in [0.4, 0.5) is 8.78 Å². The number of halogens is 2. The van der Waals surface area contributed by atoms with E-state index >= 15 is 0 Å². The summed E-state index contributed by atoms with van der Waals surface area (Å²) in [4.78, 5) is 20.9.